The van der Waals surface area contributed by atoms with E-state index in [-0.39, 0.29) is 0 Å². The van der Waals surface area contributed by atoms with Crippen molar-refractivity contribution in [2.24, 2.45) is 0 Å². The van der Waals surface area contributed by atoms with Crippen LogP contribution in [-0.4, -0.2) is 13.2 Å². The lowest BCUT2D eigenvalue weighted by molar-refractivity contribution is 0.125. The first-order valence-electron chi connectivity index (χ1n) is 14.7. The second-order valence-corrected chi connectivity index (χ2v) is 9.91. The summed E-state index contributed by atoms with van der Waals surface area (Å²) in [4.78, 5) is 0. The molecule has 0 radical (unpaired) electrons. The molecule has 0 aliphatic heterocycles. The SMILES string of the molecule is N#CCCCCCCCCCCCCCCOCCCCCCCCCCCCCCC#N. The van der Waals surface area contributed by atoms with Gasteiger partial charge in [0.25, 0.3) is 0 Å². The second-order valence-electron chi connectivity index (χ2n) is 9.91. The molecule has 0 aromatic rings. The molecular formula is C30H56N2O. The highest BCUT2D eigenvalue weighted by Crippen LogP contribution is 2.14. The Morgan fingerprint density at radius 1 is 0.303 bits per heavy atom. The van der Waals surface area contributed by atoms with Crippen LogP contribution in [0.15, 0.2) is 0 Å². The summed E-state index contributed by atoms with van der Waals surface area (Å²) in [6, 6.07) is 4.45. The molecule has 192 valence electrons. The first kappa shape index (κ1) is 31.9. The first-order chi connectivity index (χ1) is 16.4. The van der Waals surface area contributed by atoms with E-state index >= 15 is 0 Å². The molecule has 3 nitrogen and oxygen atoms in total. The van der Waals surface area contributed by atoms with Crippen LogP contribution in [0.2, 0.25) is 0 Å². The lowest BCUT2D eigenvalue weighted by atomic mass is 10.0. The maximum absolute atomic E-state index is 8.51. The fourth-order valence-electron chi connectivity index (χ4n) is 4.45. The molecule has 0 N–H and O–H groups in total. The van der Waals surface area contributed by atoms with Crippen LogP contribution >= 0.6 is 0 Å². The summed E-state index contributed by atoms with van der Waals surface area (Å²) in [5.41, 5.74) is 0. The van der Waals surface area contributed by atoms with Crippen molar-refractivity contribution >= 4 is 0 Å². The predicted octanol–water partition coefficient (Wildman–Crippen LogP) is 10.2. The summed E-state index contributed by atoms with van der Waals surface area (Å²) in [6.07, 6.45) is 33.3. The standard InChI is InChI=1S/C30H56N2O/c31-27-23-19-15-11-7-3-1-5-9-13-17-21-25-29-33-30-26-22-18-14-10-6-2-4-8-12-16-20-24-28-32/h1-26,29-30H2. The van der Waals surface area contributed by atoms with Gasteiger partial charge in [0, 0.05) is 26.1 Å². The fraction of sp³-hybridized carbons (Fsp3) is 0.933. The molecule has 0 aromatic heterocycles. The Morgan fingerprint density at radius 2 is 0.515 bits per heavy atom. The Kier molecular flexibility index (Phi) is 29.9. The highest BCUT2D eigenvalue weighted by molar-refractivity contribution is 4.68. The van der Waals surface area contributed by atoms with Gasteiger partial charge in [0.15, 0.2) is 0 Å². The zero-order valence-electron chi connectivity index (χ0n) is 22.1. The van der Waals surface area contributed by atoms with Crippen molar-refractivity contribution < 1.29 is 4.74 Å². The summed E-state index contributed by atoms with van der Waals surface area (Å²) in [7, 11) is 0. The van der Waals surface area contributed by atoms with Gasteiger partial charge in [0.05, 0.1) is 12.1 Å². The van der Waals surface area contributed by atoms with Crippen LogP contribution in [0, 0.1) is 22.7 Å². The minimum atomic E-state index is 0.735. The summed E-state index contributed by atoms with van der Waals surface area (Å²) < 4.78 is 5.81. The van der Waals surface area contributed by atoms with Crippen LogP contribution in [-0.2, 0) is 4.74 Å². The highest BCUT2D eigenvalue weighted by atomic mass is 16.5. The molecule has 0 unspecified atom stereocenters. The summed E-state index contributed by atoms with van der Waals surface area (Å²) in [6.45, 7) is 1.92. The molecule has 0 aliphatic rings. The van der Waals surface area contributed by atoms with Crippen molar-refractivity contribution in [2.75, 3.05) is 13.2 Å². The first-order valence-corrected chi connectivity index (χ1v) is 14.7. The van der Waals surface area contributed by atoms with Crippen molar-refractivity contribution in [3.8, 4) is 12.1 Å². The van der Waals surface area contributed by atoms with E-state index in [1.165, 1.54) is 141 Å². The van der Waals surface area contributed by atoms with Gasteiger partial charge in [0.1, 0.15) is 0 Å². The van der Waals surface area contributed by atoms with E-state index in [2.05, 4.69) is 12.1 Å². The molecule has 33 heavy (non-hydrogen) atoms. The highest BCUT2D eigenvalue weighted by Gasteiger charge is 1.96. The zero-order chi connectivity index (χ0) is 23.9. The third kappa shape index (κ3) is 30.9. The Hall–Kier alpha value is -1.06. The Balaban J connectivity index is 3.00. The molecule has 0 amide bonds. The third-order valence-electron chi connectivity index (χ3n) is 6.65. The van der Waals surface area contributed by atoms with Gasteiger partial charge in [0.2, 0.25) is 0 Å². The summed E-state index contributed by atoms with van der Waals surface area (Å²) in [5, 5.41) is 17.0. The van der Waals surface area contributed by atoms with Gasteiger partial charge in [-0.1, -0.05) is 128 Å². The largest absolute Gasteiger partial charge is 0.381 e. The Labute approximate surface area is 207 Å². The molecule has 0 saturated heterocycles. The van der Waals surface area contributed by atoms with Gasteiger partial charge in [-0.25, -0.2) is 0 Å². The molecular weight excluding hydrogens is 404 g/mol. The minimum Gasteiger partial charge on any atom is -0.381 e. The molecule has 0 bridgehead atoms. The van der Waals surface area contributed by atoms with Crippen molar-refractivity contribution in [1.82, 2.24) is 0 Å². The van der Waals surface area contributed by atoms with Gasteiger partial charge in [-0.3, -0.25) is 0 Å². The monoisotopic (exact) mass is 460 g/mol. The molecule has 0 aromatic carbocycles. The maximum Gasteiger partial charge on any atom is 0.0621 e. The lowest BCUT2D eigenvalue weighted by Gasteiger charge is -2.05. The van der Waals surface area contributed by atoms with Crippen LogP contribution in [0.5, 0.6) is 0 Å². The van der Waals surface area contributed by atoms with Crippen molar-refractivity contribution in [1.29, 1.82) is 10.5 Å². The fourth-order valence-corrected chi connectivity index (χ4v) is 4.45. The lowest BCUT2D eigenvalue weighted by Crippen LogP contribution is -1.97. The molecule has 0 heterocycles. The topological polar surface area (TPSA) is 56.8 Å². The van der Waals surface area contributed by atoms with Crippen LogP contribution in [0.1, 0.15) is 167 Å². The predicted molar refractivity (Wildman–Crippen MR) is 142 cm³/mol. The summed E-state index contributed by atoms with van der Waals surface area (Å²) >= 11 is 0. The normalized spacial score (nSPS) is 10.8. The van der Waals surface area contributed by atoms with Crippen molar-refractivity contribution in [3.63, 3.8) is 0 Å². The third-order valence-corrected chi connectivity index (χ3v) is 6.65. The Morgan fingerprint density at radius 3 is 0.758 bits per heavy atom. The molecule has 0 fully saturated rings. The van der Waals surface area contributed by atoms with Gasteiger partial charge in [-0.2, -0.15) is 10.5 Å². The molecule has 0 aliphatic carbocycles. The van der Waals surface area contributed by atoms with Gasteiger partial charge < -0.3 is 4.74 Å². The Bertz CT molecular complexity index is 398. The number of ether oxygens (including phenoxy) is 1. The molecule has 0 rings (SSSR count). The average molecular weight is 461 g/mol. The van der Waals surface area contributed by atoms with E-state index < -0.39 is 0 Å². The van der Waals surface area contributed by atoms with Crippen LogP contribution in [0.3, 0.4) is 0 Å². The molecule has 0 atom stereocenters. The smallest absolute Gasteiger partial charge is 0.0621 e. The number of unbranched alkanes of at least 4 members (excludes halogenated alkanes) is 24. The number of rotatable bonds is 28. The number of hydrogen-bond acceptors (Lipinski definition) is 3. The van der Waals surface area contributed by atoms with Crippen molar-refractivity contribution in [2.45, 2.75) is 167 Å². The maximum atomic E-state index is 8.51. The quantitative estimate of drug-likeness (QED) is 0.109. The van der Waals surface area contributed by atoms with Crippen LogP contribution in [0.25, 0.3) is 0 Å². The van der Waals surface area contributed by atoms with E-state index in [1.807, 2.05) is 0 Å². The van der Waals surface area contributed by atoms with Crippen LogP contribution < -0.4 is 0 Å². The number of nitriles is 2. The molecule has 0 spiro atoms. The van der Waals surface area contributed by atoms with Gasteiger partial charge in [-0.05, 0) is 25.7 Å². The van der Waals surface area contributed by atoms with E-state index in [9.17, 15) is 0 Å². The van der Waals surface area contributed by atoms with Gasteiger partial charge >= 0.3 is 0 Å². The van der Waals surface area contributed by atoms with E-state index in [4.69, 9.17) is 15.3 Å². The summed E-state index contributed by atoms with van der Waals surface area (Å²) in [5.74, 6) is 0. The van der Waals surface area contributed by atoms with Gasteiger partial charge in [-0.15, -0.1) is 0 Å². The molecule has 0 saturated carbocycles. The number of hydrogen-bond donors (Lipinski definition) is 0. The number of nitrogens with zero attached hydrogens (tertiary/aromatic N) is 2. The zero-order valence-corrected chi connectivity index (χ0v) is 22.1. The minimum absolute atomic E-state index is 0.735. The van der Waals surface area contributed by atoms with E-state index in [0.29, 0.717) is 0 Å². The average Bonchev–Trinajstić information content (AvgIpc) is 2.83. The van der Waals surface area contributed by atoms with E-state index in [0.717, 1.165) is 38.9 Å². The van der Waals surface area contributed by atoms with E-state index in [1.54, 1.807) is 0 Å². The molecule has 3 heteroatoms. The second kappa shape index (κ2) is 30.9. The van der Waals surface area contributed by atoms with Crippen molar-refractivity contribution in [3.05, 3.63) is 0 Å². The van der Waals surface area contributed by atoms with Crippen LogP contribution in [0.4, 0.5) is 0 Å².